The lowest BCUT2D eigenvalue weighted by Crippen LogP contribution is -2.38. The molecule has 8 heteroatoms. The second-order valence-corrected chi connectivity index (χ2v) is 7.59. The predicted molar refractivity (Wildman–Crippen MR) is 84.7 cm³/mol. The summed E-state index contributed by atoms with van der Waals surface area (Å²) in [5.41, 5.74) is 0.726. The average molecular weight is 337 g/mol. The SMILES string of the molecule is COc1ccccc1-c1nnc(C2CCCN(S(C)(=O)=O)C2)o1. The lowest BCUT2D eigenvalue weighted by molar-refractivity contribution is 0.287. The Hall–Kier alpha value is -1.93. The van der Waals surface area contributed by atoms with Crippen molar-refractivity contribution in [3.05, 3.63) is 30.2 Å². The number of rotatable bonds is 4. The molecule has 1 fully saturated rings. The first-order valence-corrected chi connectivity index (χ1v) is 9.26. The molecule has 0 amide bonds. The highest BCUT2D eigenvalue weighted by Crippen LogP contribution is 2.32. The van der Waals surface area contributed by atoms with E-state index < -0.39 is 10.0 Å². The van der Waals surface area contributed by atoms with E-state index >= 15 is 0 Å². The van der Waals surface area contributed by atoms with Crippen molar-refractivity contribution in [2.45, 2.75) is 18.8 Å². The van der Waals surface area contributed by atoms with Gasteiger partial charge in [0, 0.05) is 13.1 Å². The molecule has 0 bridgehead atoms. The minimum Gasteiger partial charge on any atom is -0.496 e. The van der Waals surface area contributed by atoms with Crippen molar-refractivity contribution in [2.75, 3.05) is 26.5 Å². The molecule has 124 valence electrons. The van der Waals surface area contributed by atoms with Gasteiger partial charge in [-0.2, -0.15) is 0 Å². The second-order valence-electron chi connectivity index (χ2n) is 5.61. The Kier molecular flexibility index (Phi) is 4.36. The van der Waals surface area contributed by atoms with Gasteiger partial charge in [-0.05, 0) is 25.0 Å². The Balaban J connectivity index is 1.84. The molecule has 0 aliphatic carbocycles. The van der Waals surface area contributed by atoms with Gasteiger partial charge < -0.3 is 9.15 Å². The zero-order valence-corrected chi connectivity index (χ0v) is 13.9. The second kappa shape index (κ2) is 6.29. The molecule has 2 heterocycles. The van der Waals surface area contributed by atoms with Gasteiger partial charge in [0.25, 0.3) is 5.89 Å². The van der Waals surface area contributed by atoms with Crippen molar-refractivity contribution in [3.8, 4) is 17.2 Å². The summed E-state index contributed by atoms with van der Waals surface area (Å²) in [6.45, 7) is 0.926. The Morgan fingerprint density at radius 1 is 1.30 bits per heavy atom. The van der Waals surface area contributed by atoms with Crippen LogP contribution in [0.25, 0.3) is 11.5 Å². The molecule has 2 aromatic rings. The van der Waals surface area contributed by atoms with E-state index in [1.165, 1.54) is 10.6 Å². The van der Waals surface area contributed by atoms with E-state index in [9.17, 15) is 8.42 Å². The molecule has 0 N–H and O–H groups in total. The molecular formula is C15H19N3O4S. The lowest BCUT2D eigenvalue weighted by atomic mass is 10.00. The normalized spacial score (nSPS) is 19.7. The van der Waals surface area contributed by atoms with Gasteiger partial charge in [0.2, 0.25) is 15.9 Å². The summed E-state index contributed by atoms with van der Waals surface area (Å²) in [5.74, 6) is 1.44. The molecule has 0 saturated carbocycles. The van der Waals surface area contributed by atoms with Gasteiger partial charge in [-0.15, -0.1) is 10.2 Å². The van der Waals surface area contributed by atoms with Crippen molar-refractivity contribution < 1.29 is 17.6 Å². The highest BCUT2D eigenvalue weighted by Gasteiger charge is 2.30. The van der Waals surface area contributed by atoms with Crippen LogP contribution in [0.5, 0.6) is 5.75 Å². The molecule has 0 spiro atoms. The number of ether oxygens (including phenoxy) is 1. The highest BCUT2D eigenvalue weighted by molar-refractivity contribution is 7.88. The highest BCUT2D eigenvalue weighted by atomic mass is 32.2. The van der Waals surface area contributed by atoms with Gasteiger partial charge in [0.15, 0.2) is 0 Å². The molecule has 1 atom stereocenters. The number of sulfonamides is 1. The molecule has 1 unspecified atom stereocenters. The molecular weight excluding hydrogens is 318 g/mol. The third kappa shape index (κ3) is 3.37. The first kappa shape index (κ1) is 15.9. The predicted octanol–water partition coefficient (Wildman–Crippen LogP) is 1.88. The van der Waals surface area contributed by atoms with Crippen LogP contribution >= 0.6 is 0 Å². The number of aromatic nitrogens is 2. The van der Waals surface area contributed by atoms with E-state index in [0.717, 1.165) is 18.4 Å². The van der Waals surface area contributed by atoms with E-state index in [1.54, 1.807) is 7.11 Å². The maximum absolute atomic E-state index is 11.7. The van der Waals surface area contributed by atoms with E-state index in [2.05, 4.69) is 10.2 Å². The van der Waals surface area contributed by atoms with Gasteiger partial charge in [0.05, 0.1) is 24.8 Å². The van der Waals surface area contributed by atoms with Crippen LogP contribution in [0, 0.1) is 0 Å². The zero-order valence-electron chi connectivity index (χ0n) is 13.1. The Morgan fingerprint density at radius 3 is 2.83 bits per heavy atom. The van der Waals surface area contributed by atoms with Crippen LogP contribution in [-0.2, 0) is 10.0 Å². The fourth-order valence-electron chi connectivity index (χ4n) is 2.77. The number of benzene rings is 1. The number of piperidine rings is 1. The Labute approximate surface area is 135 Å². The zero-order chi connectivity index (χ0) is 16.4. The summed E-state index contributed by atoms with van der Waals surface area (Å²) >= 11 is 0. The van der Waals surface area contributed by atoms with Crippen LogP contribution in [0.15, 0.2) is 28.7 Å². The van der Waals surface area contributed by atoms with E-state index in [-0.39, 0.29) is 5.92 Å². The third-order valence-corrected chi connectivity index (χ3v) is 5.25. The summed E-state index contributed by atoms with van der Waals surface area (Å²) in [4.78, 5) is 0. The van der Waals surface area contributed by atoms with Crippen molar-refractivity contribution in [1.82, 2.24) is 14.5 Å². The van der Waals surface area contributed by atoms with Crippen LogP contribution in [0.3, 0.4) is 0 Å². The largest absolute Gasteiger partial charge is 0.496 e. The summed E-state index contributed by atoms with van der Waals surface area (Å²) < 4.78 is 36.0. The first-order valence-electron chi connectivity index (χ1n) is 7.41. The fourth-order valence-corrected chi connectivity index (χ4v) is 3.69. The number of nitrogens with zero attached hydrogens (tertiary/aromatic N) is 3. The summed E-state index contributed by atoms with van der Waals surface area (Å²) in [6, 6.07) is 7.41. The first-order chi connectivity index (χ1) is 11.0. The monoisotopic (exact) mass is 337 g/mol. The van der Waals surface area contributed by atoms with Gasteiger partial charge in [-0.25, -0.2) is 12.7 Å². The quantitative estimate of drug-likeness (QED) is 0.847. The van der Waals surface area contributed by atoms with Crippen molar-refractivity contribution in [3.63, 3.8) is 0 Å². The fraction of sp³-hybridized carbons (Fsp3) is 0.467. The van der Waals surface area contributed by atoms with E-state index in [0.29, 0.717) is 30.6 Å². The number of hydrogen-bond donors (Lipinski definition) is 0. The van der Waals surface area contributed by atoms with Crippen molar-refractivity contribution in [1.29, 1.82) is 0 Å². The average Bonchev–Trinajstić information content (AvgIpc) is 3.04. The van der Waals surface area contributed by atoms with Crippen LogP contribution in [-0.4, -0.2) is 49.4 Å². The third-order valence-electron chi connectivity index (χ3n) is 3.98. The molecule has 23 heavy (non-hydrogen) atoms. The van der Waals surface area contributed by atoms with Crippen LogP contribution < -0.4 is 4.74 Å². The van der Waals surface area contributed by atoms with Crippen LogP contribution in [0.2, 0.25) is 0 Å². The molecule has 0 radical (unpaired) electrons. The topological polar surface area (TPSA) is 85.5 Å². The van der Waals surface area contributed by atoms with Gasteiger partial charge in [-0.3, -0.25) is 0 Å². The maximum atomic E-state index is 11.7. The Morgan fingerprint density at radius 2 is 2.09 bits per heavy atom. The van der Waals surface area contributed by atoms with Gasteiger partial charge in [0.1, 0.15) is 5.75 Å². The van der Waals surface area contributed by atoms with E-state index in [4.69, 9.17) is 9.15 Å². The number of hydrogen-bond acceptors (Lipinski definition) is 6. The number of para-hydroxylation sites is 1. The lowest BCUT2D eigenvalue weighted by Gasteiger charge is -2.28. The molecule has 1 saturated heterocycles. The van der Waals surface area contributed by atoms with Gasteiger partial charge >= 0.3 is 0 Å². The van der Waals surface area contributed by atoms with Crippen molar-refractivity contribution >= 4 is 10.0 Å². The molecule has 1 aliphatic heterocycles. The smallest absolute Gasteiger partial charge is 0.251 e. The molecule has 7 nitrogen and oxygen atoms in total. The minimum absolute atomic E-state index is 0.0746. The molecule has 1 aliphatic rings. The number of methoxy groups -OCH3 is 1. The molecule has 1 aromatic carbocycles. The summed E-state index contributed by atoms with van der Waals surface area (Å²) in [5, 5.41) is 8.21. The van der Waals surface area contributed by atoms with Gasteiger partial charge in [-0.1, -0.05) is 12.1 Å². The minimum atomic E-state index is -3.20. The summed E-state index contributed by atoms with van der Waals surface area (Å²) in [7, 11) is -1.61. The maximum Gasteiger partial charge on any atom is 0.251 e. The molecule has 1 aromatic heterocycles. The Bertz CT molecular complexity index is 788. The van der Waals surface area contributed by atoms with E-state index in [1.807, 2.05) is 24.3 Å². The molecule has 3 rings (SSSR count). The standard InChI is InChI=1S/C15H19N3O4S/c1-21-13-8-4-3-7-12(13)15-17-16-14(22-15)11-6-5-9-18(10-11)23(2,19)20/h3-4,7-8,11H,5-6,9-10H2,1-2H3. The van der Waals surface area contributed by atoms with Crippen LogP contribution in [0.4, 0.5) is 0 Å². The van der Waals surface area contributed by atoms with Crippen LogP contribution in [0.1, 0.15) is 24.7 Å². The summed E-state index contributed by atoms with van der Waals surface area (Å²) in [6.07, 6.45) is 2.84. The van der Waals surface area contributed by atoms with Crippen molar-refractivity contribution in [2.24, 2.45) is 0 Å².